The topological polar surface area (TPSA) is 52.0 Å². The number of pyridine rings is 1. The molecule has 4 aromatic rings. The van der Waals surface area contributed by atoms with E-state index >= 15 is 0 Å². The summed E-state index contributed by atoms with van der Waals surface area (Å²) in [4.78, 5) is 13.0. The molecule has 2 heterocycles. The first-order valence-electron chi connectivity index (χ1n) is 9.67. The van der Waals surface area contributed by atoms with Crippen LogP contribution >= 0.6 is 15.9 Å². The standard InChI is InChI=1S/C24H19BrF2N2O3/c1-31-16-6-5-14(22(12-16)32-2)13-28-23-18(26)10-15(11-19(23)27)24(30)21-8-7-20-17(25)4-3-9-29(20)21/h3-12,28H,13H2,1-2H3. The van der Waals surface area contributed by atoms with Crippen LogP contribution in [0.25, 0.3) is 5.52 Å². The minimum absolute atomic E-state index is 0.0763. The minimum Gasteiger partial charge on any atom is -0.497 e. The number of anilines is 1. The SMILES string of the molecule is COc1ccc(CNc2c(F)cc(C(=O)c3ccc4c(Br)cccn34)cc2F)c(OC)c1. The second-order valence-electron chi connectivity index (χ2n) is 7.01. The Morgan fingerprint density at radius 3 is 2.47 bits per heavy atom. The molecule has 0 atom stereocenters. The molecular weight excluding hydrogens is 482 g/mol. The van der Waals surface area contributed by atoms with Gasteiger partial charge >= 0.3 is 0 Å². The molecule has 2 aromatic heterocycles. The summed E-state index contributed by atoms with van der Waals surface area (Å²) >= 11 is 3.43. The molecule has 5 nitrogen and oxygen atoms in total. The van der Waals surface area contributed by atoms with E-state index in [1.54, 1.807) is 47.0 Å². The summed E-state index contributed by atoms with van der Waals surface area (Å²) in [6.45, 7) is 0.117. The van der Waals surface area contributed by atoms with Crippen LogP contribution in [0.15, 0.2) is 65.3 Å². The lowest BCUT2D eigenvalue weighted by molar-refractivity contribution is 0.103. The van der Waals surface area contributed by atoms with Crippen molar-refractivity contribution in [2.24, 2.45) is 0 Å². The van der Waals surface area contributed by atoms with E-state index in [9.17, 15) is 13.6 Å². The predicted molar refractivity (Wildman–Crippen MR) is 122 cm³/mol. The molecular formula is C24H19BrF2N2O3. The highest BCUT2D eigenvalue weighted by Gasteiger charge is 2.19. The second-order valence-corrected chi connectivity index (χ2v) is 7.86. The average Bonchev–Trinajstić information content (AvgIpc) is 3.23. The van der Waals surface area contributed by atoms with E-state index in [0.29, 0.717) is 22.8 Å². The van der Waals surface area contributed by atoms with Crippen LogP contribution in [0, 0.1) is 11.6 Å². The number of hydrogen-bond donors (Lipinski definition) is 1. The van der Waals surface area contributed by atoms with Gasteiger partial charge in [-0.25, -0.2) is 8.78 Å². The Morgan fingerprint density at radius 2 is 1.78 bits per heavy atom. The van der Waals surface area contributed by atoms with Crippen molar-refractivity contribution in [3.63, 3.8) is 0 Å². The lowest BCUT2D eigenvalue weighted by Gasteiger charge is -2.14. The fourth-order valence-electron chi connectivity index (χ4n) is 3.49. The van der Waals surface area contributed by atoms with Gasteiger partial charge in [-0.05, 0) is 64.5 Å². The molecule has 164 valence electrons. The van der Waals surface area contributed by atoms with Gasteiger partial charge in [-0.15, -0.1) is 0 Å². The molecule has 0 bridgehead atoms. The number of fused-ring (bicyclic) bond motifs is 1. The Bertz CT molecular complexity index is 1300. The maximum atomic E-state index is 14.8. The van der Waals surface area contributed by atoms with E-state index in [1.807, 2.05) is 6.07 Å². The van der Waals surface area contributed by atoms with Crippen molar-refractivity contribution in [2.75, 3.05) is 19.5 Å². The van der Waals surface area contributed by atoms with Gasteiger partial charge in [0.2, 0.25) is 5.78 Å². The Balaban J connectivity index is 1.60. The summed E-state index contributed by atoms with van der Waals surface area (Å²) in [7, 11) is 3.04. The first-order valence-corrected chi connectivity index (χ1v) is 10.5. The summed E-state index contributed by atoms with van der Waals surface area (Å²) in [6.07, 6.45) is 1.72. The minimum atomic E-state index is -0.858. The monoisotopic (exact) mass is 500 g/mol. The number of hydrogen-bond acceptors (Lipinski definition) is 4. The van der Waals surface area contributed by atoms with Gasteiger partial charge in [0.1, 0.15) is 28.8 Å². The van der Waals surface area contributed by atoms with E-state index < -0.39 is 17.4 Å². The Kier molecular flexibility index (Phi) is 6.14. The van der Waals surface area contributed by atoms with Gasteiger partial charge in [-0.1, -0.05) is 0 Å². The van der Waals surface area contributed by atoms with Gasteiger partial charge in [0.15, 0.2) is 0 Å². The molecule has 0 saturated carbocycles. The fraction of sp³-hybridized carbons (Fsp3) is 0.125. The van der Waals surface area contributed by atoms with Crippen molar-refractivity contribution >= 4 is 32.9 Å². The summed E-state index contributed by atoms with van der Waals surface area (Å²) in [5.41, 5.74) is 1.39. The third-order valence-corrected chi connectivity index (χ3v) is 5.80. The van der Waals surface area contributed by atoms with E-state index in [1.165, 1.54) is 14.2 Å². The number of methoxy groups -OCH3 is 2. The zero-order valence-electron chi connectivity index (χ0n) is 17.3. The van der Waals surface area contributed by atoms with Gasteiger partial charge in [0, 0.05) is 34.4 Å². The lowest BCUT2D eigenvalue weighted by atomic mass is 10.1. The molecule has 32 heavy (non-hydrogen) atoms. The van der Waals surface area contributed by atoms with Crippen molar-refractivity contribution in [2.45, 2.75) is 6.54 Å². The largest absolute Gasteiger partial charge is 0.497 e. The van der Waals surface area contributed by atoms with Crippen molar-refractivity contribution in [1.29, 1.82) is 0 Å². The number of nitrogens with zero attached hydrogens (tertiary/aromatic N) is 1. The van der Waals surface area contributed by atoms with Gasteiger partial charge in [0.25, 0.3) is 0 Å². The quantitative estimate of drug-likeness (QED) is 0.324. The number of aromatic nitrogens is 1. The van der Waals surface area contributed by atoms with Crippen LogP contribution in [0.3, 0.4) is 0 Å². The number of carbonyl (C=O) groups excluding carboxylic acids is 1. The van der Waals surface area contributed by atoms with Crippen LogP contribution in [0.5, 0.6) is 11.5 Å². The highest BCUT2D eigenvalue weighted by molar-refractivity contribution is 9.10. The highest BCUT2D eigenvalue weighted by Crippen LogP contribution is 2.28. The summed E-state index contributed by atoms with van der Waals surface area (Å²) in [5.74, 6) is -1.07. The zero-order chi connectivity index (χ0) is 22.8. The fourth-order valence-corrected chi connectivity index (χ4v) is 3.97. The Labute approximate surface area is 191 Å². The molecule has 2 aromatic carbocycles. The molecule has 1 N–H and O–H groups in total. The number of halogens is 3. The van der Waals surface area contributed by atoms with Gasteiger partial charge in [0.05, 0.1) is 25.4 Å². The third kappa shape index (κ3) is 4.05. The number of ether oxygens (including phenoxy) is 2. The summed E-state index contributed by atoms with van der Waals surface area (Å²) in [6, 6.07) is 14.3. The maximum absolute atomic E-state index is 14.8. The number of nitrogens with one attached hydrogen (secondary N) is 1. The lowest BCUT2D eigenvalue weighted by Crippen LogP contribution is -2.10. The molecule has 4 rings (SSSR count). The van der Waals surface area contributed by atoms with Crippen LogP contribution in [0.2, 0.25) is 0 Å². The molecule has 0 unspecified atom stereocenters. The van der Waals surface area contributed by atoms with Crippen LogP contribution in [0.1, 0.15) is 21.6 Å². The molecule has 0 amide bonds. The first-order chi connectivity index (χ1) is 15.4. The molecule has 0 saturated heterocycles. The molecule has 0 spiro atoms. The van der Waals surface area contributed by atoms with Crippen LogP contribution in [-0.4, -0.2) is 24.4 Å². The van der Waals surface area contributed by atoms with Crippen molar-refractivity contribution in [3.05, 3.63) is 93.7 Å². The van der Waals surface area contributed by atoms with E-state index in [0.717, 1.165) is 22.1 Å². The van der Waals surface area contributed by atoms with E-state index in [4.69, 9.17) is 9.47 Å². The Morgan fingerprint density at radius 1 is 1.03 bits per heavy atom. The maximum Gasteiger partial charge on any atom is 0.209 e. The Hall–Kier alpha value is -3.39. The summed E-state index contributed by atoms with van der Waals surface area (Å²) in [5, 5.41) is 2.75. The first kappa shape index (κ1) is 21.8. The van der Waals surface area contributed by atoms with Gasteiger partial charge in [-0.2, -0.15) is 0 Å². The molecule has 8 heteroatoms. The van der Waals surface area contributed by atoms with Crippen LogP contribution in [0.4, 0.5) is 14.5 Å². The predicted octanol–water partition coefficient (Wildman–Crippen LogP) is 5.84. The molecule has 0 fully saturated rings. The van der Waals surface area contributed by atoms with E-state index in [-0.39, 0.29) is 17.8 Å². The van der Waals surface area contributed by atoms with Crippen LogP contribution < -0.4 is 14.8 Å². The molecule has 0 radical (unpaired) electrons. The van der Waals surface area contributed by atoms with Crippen molar-refractivity contribution in [3.8, 4) is 11.5 Å². The average molecular weight is 501 g/mol. The third-order valence-electron chi connectivity index (χ3n) is 5.13. The molecule has 0 aliphatic heterocycles. The normalized spacial score (nSPS) is 10.9. The van der Waals surface area contributed by atoms with Crippen molar-refractivity contribution < 1.29 is 23.0 Å². The number of carbonyl (C=O) groups is 1. The summed E-state index contributed by atoms with van der Waals surface area (Å²) < 4.78 is 42.5. The van der Waals surface area contributed by atoms with Crippen molar-refractivity contribution in [1.82, 2.24) is 4.40 Å². The zero-order valence-corrected chi connectivity index (χ0v) is 18.9. The second kappa shape index (κ2) is 9.00. The number of ketones is 1. The van der Waals surface area contributed by atoms with E-state index in [2.05, 4.69) is 21.2 Å². The number of rotatable bonds is 7. The van der Waals surface area contributed by atoms with Gasteiger partial charge < -0.3 is 19.2 Å². The highest BCUT2D eigenvalue weighted by atomic mass is 79.9. The van der Waals surface area contributed by atoms with Gasteiger partial charge in [-0.3, -0.25) is 4.79 Å². The number of benzene rings is 2. The smallest absolute Gasteiger partial charge is 0.209 e. The molecule has 0 aliphatic rings. The molecule has 0 aliphatic carbocycles. The van der Waals surface area contributed by atoms with Crippen LogP contribution in [-0.2, 0) is 6.54 Å².